The van der Waals surface area contributed by atoms with E-state index < -0.39 is 22.9 Å². The number of hydrogen-bond acceptors (Lipinski definition) is 3. The predicted octanol–water partition coefficient (Wildman–Crippen LogP) is 5.16. The number of esters is 1. The molecule has 0 amide bonds. The van der Waals surface area contributed by atoms with E-state index in [1.54, 1.807) is 6.08 Å². The lowest BCUT2D eigenvalue weighted by Gasteiger charge is -2.22. The van der Waals surface area contributed by atoms with Crippen molar-refractivity contribution in [2.75, 3.05) is 0 Å². The molecule has 2 unspecified atom stereocenters. The Morgan fingerprint density at radius 2 is 1.62 bits per heavy atom. The number of rotatable bonds is 5. The van der Waals surface area contributed by atoms with Crippen LogP contribution in [0.15, 0.2) is 88.7 Å². The Morgan fingerprint density at radius 3 is 2.31 bits per heavy atom. The molecule has 0 radical (unpaired) electrons. The molecule has 0 fully saturated rings. The summed E-state index contributed by atoms with van der Waals surface area (Å²) in [6.45, 7) is 3.19. The van der Waals surface area contributed by atoms with E-state index in [2.05, 4.69) is 0 Å². The zero-order chi connectivity index (χ0) is 18.5. The monoisotopic (exact) mass is 364 g/mol. The summed E-state index contributed by atoms with van der Waals surface area (Å²) in [5.74, 6) is -0.410. The molecular weight excluding hydrogens is 344 g/mol. The summed E-state index contributed by atoms with van der Waals surface area (Å²) < 4.78 is 18.8. The molecule has 3 nitrogen and oxygen atoms in total. The molecule has 3 aromatic carbocycles. The number of carbonyl (C=O) groups excluding carboxylic acids is 1. The summed E-state index contributed by atoms with van der Waals surface area (Å²) >= 11 is 0. The largest absolute Gasteiger partial charge is 0.452 e. The topological polar surface area (TPSA) is 43.4 Å². The maximum atomic E-state index is 13.2. The van der Waals surface area contributed by atoms with Crippen LogP contribution in [0.3, 0.4) is 0 Å². The van der Waals surface area contributed by atoms with Crippen molar-refractivity contribution in [1.29, 1.82) is 0 Å². The number of allylic oxidation sites excluding steroid dienone is 1. The molecule has 3 aromatic rings. The third kappa shape index (κ3) is 3.75. The molecule has 0 bridgehead atoms. The summed E-state index contributed by atoms with van der Waals surface area (Å²) in [5, 5.41) is 2.02. The highest BCUT2D eigenvalue weighted by Crippen LogP contribution is 2.35. The maximum absolute atomic E-state index is 13.2. The summed E-state index contributed by atoms with van der Waals surface area (Å²) in [6, 6.07) is 22.9. The third-order valence-electron chi connectivity index (χ3n) is 4.10. The molecule has 0 heterocycles. The average molecular weight is 364 g/mol. The molecule has 26 heavy (non-hydrogen) atoms. The molecule has 0 aromatic heterocycles. The number of carbonyl (C=O) groups is 1. The normalized spacial score (nSPS) is 14.0. The third-order valence-corrected chi connectivity index (χ3v) is 5.68. The van der Waals surface area contributed by atoms with Crippen LogP contribution in [0.2, 0.25) is 0 Å². The van der Waals surface area contributed by atoms with E-state index in [9.17, 15) is 9.00 Å². The lowest BCUT2D eigenvalue weighted by atomic mass is 10.00. The van der Waals surface area contributed by atoms with Gasteiger partial charge in [-0.2, -0.15) is 0 Å². The lowest BCUT2D eigenvalue weighted by Crippen LogP contribution is -2.15. The van der Waals surface area contributed by atoms with Crippen LogP contribution in [0, 0.1) is 0 Å². The molecule has 0 spiro atoms. The molecule has 0 N–H and O–H groups in total. The Hall–Kier alpha value is -2.72. The SMILES string of the molecule is C/C=C(\C(OC(C)=O)c1cccc2ccccc12)S(=O)c1ccccc1. The number of fused-ring (bicyclic) bond motifs is 1. The molecule has 0 aliphatic heterocycles. The van der Waals surface area contributed by atoms with Gasteiger partial charge in [-0.05, 0) is 29.8 Å². The van der Waals surface area contributed by atoms with Gasteiger partial charge < -0.3 is 4.74 Å². The van der Waals surface area contributed by atoms with E-state index in [0.29, 0.717) is 9.80 Å². The van der Waals surface area contributed by atoms with Crippen LogP contribution in [-0.4, -0.2) is 10.2 Å². The maximum Gasteiger partial charge on any atom is 0.303 e. The van der Waals surface area contributed by atoms with E-state index >= 15 is 0 Å². The van der Waals surface area contributed by atoms with E-state index in [4.69, 9.17) is 4.74 Å². The molecule has 0 saturated heterocycles. The van der Waals surface area contributed by atoms with Crippen molar-refractivity contribution >= 4 is 27.5 Å². The van der Waals surface area contributed by atoms with E-state index in [-0.39, 0.29) is 0 Å². The second-order valence-corrected chi connectivity index (χ2v) is 7.31. The van der Waals surface area contributed by atoms with Crippen LogP contribution in [0.4, 0.5) is 0 Å². The van der Waals surface area contributed by atoms with Crippen LogP contribution < -0.4 is 0 Å². The second-order valence-electron chi connectivity index (χ2n) is 5.83. The highest BCUT2D eigenvalue weighted by atomic mass is 32.2. The first-order valence-electron chi connectivity index (χ1n) is 8.39. The lowest BCUT2D eigenvalue weighted by molar-refractivity contribution is -0.144. The first kappa shape index (κ1) is 18.1. The zero-order valence-corrected chi connectivity index (χ0v) is 15.5. The van der Waals surface area contributed by atoms with Gasteiger partial charge in [0.15, 0.2) is 6.10 Å². The van der Waals surface area contributed by atoms with E-state index in [1.165, 1.54) is 6.92 Å². The van der Waals surface area contributed by atoms with Crippen LogP contribution >= 0.6 is 0 Å². The van der Waals surface area contributed by atoms with Crippen molar-refractivity contribution in [2.24, 2.45) is 0 Å². The first-order valence-corrected chi connectivity index (χ1v) is 9.54. The van der Waals surface area contributed by atoms with Crippen molar-refractivity contribution in [3.05, 3.63) is 89.3 Å². The molecular formula is C22H20O3S. The van der Waals surface area contributed by atoms with Gasteiger partial charge in [0.1, 0.15) is 0 Å². The highest BCUT2D eigenvalue weighted by molar-refractivity contribution is 7.89. The van der Waals surface area contributed by atoms with Crippen LogP contribution in [0.1, 0.15) is 25.5 Å². The Labute approximate surface area is 155 Å². The molecule has 2 atom stereocenters. The number of ether oxygens (including phenoxy) is 1. The van der Waals surface area contributed by atoms with Gasteiger partial charge in [0.25, 0.3) is 0 Å². The summed E-state index contributed by atoms with van der Waals surface area (Å²) in [4.78, 5) is 13.0. The number of hydrogen-bond donors (Lipinski definition) is 0. The van der Waals surface area contributed by atoms with Crippen LogP contribution in [0.25, 0.3) is 10.8 Å². The van der Waals surface area contributed by atoms with Crippen molar-refractivity contribution < 1.29 is 13.7 Å². The standard InChI is InChI=1S/C22H20O3S/c1-3-21(26(24)18-12-5-4-6-13-18)22(25-16(2)23)20-15-9-11-17-10-7-8-14-19(17)20/h3-15,22H,1-2H3/b21-3+. The van der Waals surface area contributed by atoms with Gasteiger partial charge in [-0.1, -0.05) is 66.7 Å². The van der Waals surface area contributed by atoms with Gasteiger partial charge in [-0.25, -0.2) is 4.21 Å². The van der Waals surface area contributed by atoms with Gasteiger partial charge >= 0.3 is 5.97 Å². The Morgan fingerprint density at radius 1 is 0.962 bits per heavy atom. The zero-order valence-electron chi connectivity index (χ0n) is 14.7. The molecule has 3 rings (SSSR count). The van der Waals surface area contributed by atoms with Crippen LogP contribution in [-0.2, 0) is 20.3 Å². The van der Waals surface area contributed by atoms with Crippen molar-refractivity contribution in [3.63, 3.8) is 0 Å². The summed E-state index contributed by atoms with van der Waals surface area (Å²) in [6.07, 6.45) is 1.07. The van der Waals surface area contributed by atoms with Gasteiger partial charge in [-0.15, -0.1) is 0 Å². The fourth-order valence-corrected chi connectivity index (χ4v) is 4.22. The minimum absolute atomic E-state index is 0.410. The van der Waals surface area contributed by atoms with Crippen molar-refractivity contribution in [3.8, 4) is 0 Å². The van der Waals surface area contributed by atoms with E-state index in [1.807, 2.05) is 79.7 Å². The Balaban J connectivity index is 2.13. The minimum atomic E-state index is -1.43. The summed E-state index contributed by atoms with van der Waals surface area (Å²) in [7, 11) is -1.43. The molecule has 0 aliphatic carbocycles. The van der Waals surface area contributed by atoms with Gasteiger partial charge in [-0.3, -0.25) is 4.79 Å². The highest BCUT2D eigenvalue weighted by Gasteiger charge is 2.26. The minimum Gasteiger partial charge on any atom is -0.452 e. The van der Waals surface area contributed by atoms with Gasteiger partial charge in [0, 0.05) is 17.4 Å². The smallest absolute Gasteiger partial charge is 0.303 e. The van der Waals surface area contributed by atoms with Crippen LogP contribution in [0.5, 0.6) is 0 Å². The molecule has 0 saturated carbocycles. The quantitative estimate of drug-likeness (QED) is 0.588. The second kappa shape index (κ2) is 8.11. The first-order chi connectivity index (χ1) is 12.6. The van der Waals surface area contributed by atoms with Gasteiger partial charge in [0.05, 0.1) is 15.7 Å². The van der Waals surface area contributed by atoms with Crippen molar-refractivity contribution in [1.82, 2.24) is 0 Å². The molecule has 4 heteroatoms. The predicted molar refractivity (Wildman–Crippen MR) is 105 cm³/mol. The summed E-state index contributed by atoms with van der Waals surface area (Å²) in [5.41, 5.74) is 0.829. The Kier molecular flexibility index (Phi) is 5.64. The van der Waals surface area contributed by atoms with Gasteiger partial charge in [0.2, 0.25) is 0 Å². The van der Waals surface area contributed by atoms with E-state index in [0.717, 1.165) is 16.3 Å². The average Bonchev–Trinajstić information content (AvgIpc) is 2.67. The fourth-order valence-electron chi connectivity index (χ4n) is 2.96. The van der Waals surface area contributed by atoms with Crippen molar-refractivity contribution in [2.45, 2.75) is 24.8 Å². The Bertz CT molecular complexity index is 972. The molecule has 132 valence electrons. The molecule has 0 aliphatic rings. The number of benzene rings is 3. The fraction of sp³-hybridized carbons (Fsp3) is 0.136.